The minimum absolute atomic E-state index is 0.0739. The van der Waals surface area contributed by atoms with Crippen LogP contribution in [0.3, 0.4) is 0 Å². The van der Waals surface area contributed by atoms with Gasteiger partial charge in [0, 0.05) is 11.5 Å². The zero-order chi connectivity index (χ0) is 32.5. The number of carbonyl (C=O) groups excluding carboxylic acids is 5. The lowest BCUT2D eigenvalue weighted by Gasteiger charge is -2.25. The number of rotatable bonds is 16. The number of nitrogens with zero attached hydrogens (tertiary/aromatic N) is 1. The van der Waals surface area contributed by atoms with E-state index in [1.54, 1.807) is 0 Å². The van der Waals surface area contributed by atoms with Crippen molar-refractivity contribution in [3.8, 4) is 0 Å². The van der Waals surface area contributed by atoms with Gasteiger partial charge in [0.15, 0.2) is 0 Å². The number of esters is 2. The SMILES string of the molecule is CCCCOC(=O)C(CC(C)C(=O)O)CC(CC1C(=O)N(c2ccc(C(=O)C(F)(F)F)cc2)C(=O)C1C)C(=O)OCCO. The summed E-state index contributed by atoms with van der Waals surface area (Å²) in [4.78, 5) is 76.3. The van der Waals surface area contributed by atoms with Gasteiger partial charge in [0.25, 0.3) is 5.78 Å². The summed E-state index contributed by atoms with van der Waals surface area (Å²) in [5.41, 5.74) is -0.755. The van der Waals surface area contributed by atoms with Crippen molar-refractivity contribution in [2.75, 3.05) is 24.7 Å². The second kappa shape index (κ2) is 15.6. The van der Waals surface area contributed by atoms with Gasteiger partial charge in [0.05, 0.1) is 42.6 Å². The summed E-state index contributed by atoms with van der Waals surface area (Å²) in [6.07, 6.45) is -4.53. The van der Waals surface area contributed by atoms with E-state index in [9.17, 15) is 47.0 Å². The number of ketones is 1. The molecule has 0 bridgehead atoms. The molecule has 1 aromatic carbocycles. The first-order valence-corrected chi connectivity index (χ1v) is 13.9. The lowest BCUT2D eigenvalue weighted by molar-refractivity contribution is -0.155. The number of Topliss-reactive ketones (excluding diaryl/α,β-unsaturated/α-hetero) is 1. The van der Waals surface area contributed by atoms with Crippen molar-refractivity contribution in [2.45, 2.75) is 59.1 Å². The van der Waals surface area contributed by atoms with Crippen LogP contribution in [0.2, 0.25) is 0 Å². The molecular weight excluding hydrogens is 579 g/mol. The third-order valence-electron chi connectivity index (χ3n) is 7.31. The first-order valence-electron chi connectivity index (χ1n) is 13.9. The second-order valence-electron chi connectivity index (χ2n) is 10.5. The smallest absolute Gasteiger partial charge is 0.454 e. The molecule has 0 spiro atoms. The number of ether oxygens (including phenoxy) is 2. The molecule has 1 fully saturated rings. The maximum Gasteiger partial charge on any atom is 0.454 e. The molecule has 5 atom stereocenters. The lowest BCUT2D eigenvalue weighted by Crippen LogP contribution is -2.33. The van der Waals surface area contributed by atoms with Gasteiger partial charge in [0.1, 0.15) is 6.61 Å². The Morgan fingerprint density at radius 2 is 1.53 bits per heavy atom. The average molecular weight is 616 g/mol. The van der Waals surface area contributed by atoms with Gasteiger partial charge in [0.2, 0.25) is 11.8 Å². The van der Waals surface area contributed by atoms with Gasteiger partial charge in [-0.05, 0) is 49.9 Å². The lowest BCUT2D eigenvalue weighted by atomic mass is 9.80. The number of alkyl halides is 3. The Hall–Kier alpha value is -3.81. The highest BCUT2D eigenvalue weighted by Crippen LogP contribution is 2.37. The van der Waals surface area contributed by atoms with Crippen molar-refractivity contribution in [1.82, 2.24) is 0 Å². The molecule has 43 heavy (non-hydrogen) atoms. The Morgan fingerprint density at radius 1 is 0.953 bits per heavy atom. The van der Waals surface area contributed by atoms with E-state index >= 15 is 0 Å². The molecule has 0 saturated carbocycles. The molecule has 11 nitrogen and oxygen atoms in total. The standard InChI is InChI=1S/C29H36F3NO10/c1-4-5-11-42-27(40)19(13-16(2)26(38)39)14-20(28(41)43-12-10-34)15-22-17(3)24(36)33(25(22)37)21-8-6-18(7-9-21)23(35)29(30,31)32/h6-9,16-17,19-20,22,34H,4-5,10-15H2,1-3H3,(H,38,39). The molecular formula is C29H36F3NO10. The Morgan fingerprint density at radius 3 is 2.07 bits per heavy atom. The molecule has 2 amide bonds. The van der Waals surface area contributed by atoms with Crippen molar-refractivity contribution in [3.63, 3.8) is 0 Å². The Balaban J connectivity index is 2.34. The van der Waals surface area contributed by atoms with Gasteiger partial charge in [-0.2, -0.15) is 13.2 Å². The normalized spacial score (nSPS) is 19.1. The van der Waals surface area contributed by atoms with Crippen LogP contribution >= 0.6 is 0 Å². The quantitative estimate of drug-likeness (QED) is 0.122. The molecule has 0 aliphatic carbocycles. The van der Waals surface area contributed by atoms with Crippen LogP contribution < -0.4 is 4.90 Å². The van der Waals surface area contributed by atoms with Crippen LogP contribution in [0.4, 0.5) is 18.9 Å². The number of hydrogen-bond acceptors (Lipinski definition) is 9. The highest BCUT2D eigenvalue weighted by atomic mass is 19.4. The van der Waals surface area contributed by atoms with Crippen molar-refractivity contribution in [1.29, 1.82) is 0 Å². The van der Waals surface area contributed by atoms with Crippen LogP contribution in [0.15, 0.2) is 24.3 Å². The van der Waals surface area contributed by atoms with Crippen LogP contribution in [0, 0.1) is 29.6 Å². The molecule has 2 N–H and O–H groups in total. The average Bonchev–Trinajstić information content (AvgIpc) is 3.16. The molecule has 1 heterocycles. The number of halogens is 3. The highest BCUT2D eigenvalue weighted by Gasteiger charge is 2.48. The summed E-state index contributed by atoms with van der Waals surface area (Å²) in [5.74, 6) is -11.6. The molecule has 1 aliphatic heterocycles. The third-order valence-corrected chi connectivity index (χ3v) is 7.31. The van der Waals surface area contributed by atoms with Crippen molar-refractivity contribution in [2.24, 2.45) is 29.6 Å². The summed E-state index contributed by atoms with van der Waals surface area (Å²) >= 11 is 0. The summed E-state index contributed by atoms with van der Waals surface area (Å²) in [7, 11) is 0. The minimum atomic E-state index is -5.11. The topological polar surface area (TPSA) is 165 Å². The molecule has 1 saturated heterocycles. The van der Waals surface area contributed by atoms with Gasteiger partial charge < -0.3 is 19.7 Å². The van der Waals surface area contributed by atoms with E-state index < -0.39 is 83.4 Å². The van der Waals surface area contributed by atoms with Crippen molar-refractivity contribution >= 4 is 41.2 Å². The zero-order valence-electron chi connectivity index (χ0n) is 24.1. The first kappa shape index (κ1) is 35.4. The van der Waals surface area contributed by atoms with Crippen LogP contribution in [0.25, 0.3) is 0 Å². The molecule has 238 valence electrons. The summed E-state index contributed by atoms with van der Waals surface area (Å²) in [6, 6.07) is 3.76. The number of aliphatic hydroxyl groups excluding tert-OH is 1. The predicted octanol–water partition coefficient (Wildman–Crippen LogP) is 3.56. The molecule has 0 aromatic heterocycles. The van der Waals surface area contributed by atoms with E-state index in [1.807, 2.05) is 6.92 Å². The number of amides is 2. The fraction of sp³-hybridized carbons (Fsp3) is 0.586. The van der Waals surface area contributed by atoms with Gasteiger partial charge in [-0.25, -0.2) is 0 Å². The molecule has 0 radical (unpaired) electrons. The fourth-order valence-electron chi connectivity index (χ4n) is 4.80. The number of aliphatic carboxylic acids is 1. The summed E-state index contributed by atoms with van der Waals surface area (Å²) in [5, 5.41) is 18.5. The Labute approximate surface area is 246 Å². The van der Waals surface area contributed by atoms with Crippen LogP contribution in [0.1, 0.15) is 63.2 Å². The van der Waals surface area contributed by atoms with Crippen molar-refractivity contribution in [3.05, 3.63) is 29.8 Å². The largest absolute Gasteiger partial charge is 0.481 e. The summed E-state index contributed by atoms with van der Waals surface area (Å²) < 4.78 is 48.7. The predicted molar refractivity (Wildman–Crippen MR) is 144 cm³/mol. The number of unbranched alkanes of at least 4 members (excludes halogenated alkanes) is 1. The number of carboxylic acids is 1. The Bertz CT molecular complexity index is 1180. The van der Waals surface area contributed by atoms with Gasteiger partial charge >= 0.3 is 24.1 Å². The fourth-order valence-corrected chi connectivity index (χ4v) is 4.80. The summed E-state index contributed by atoms with van der Waals surface area (Å²) in [6.45, 7) is 3.91. The molecule has 14 heteroatoms. The number of benzene rings is 1. The van der Waals surface area contributed by atoms with Gasteiger partial charge in [-0.3, -0.25) is 33.7 Å². The number of aliphatic hydroxyl groups is 1. The van der Waals surface area contributed by atoms with E-state index in [0.717, 1.165) is 35.6 Å². The number of hydrogen-bond donors (Lipinski definition) is 2. The van der Waals surface area contributed by atoms with Gasteiger partial charge in [-0.15, -0.1) is 0 Å². The van der Waals surface area contributed by atoms with E-state index in [1.165, 1.54) is 13.8 Å². The molecule has 1 aliphatic rings. The maximum atomic E-state index is 13.4. The van der Waals surface area contributed by atoms with E-state index in [-0.39, 0.29) is 38.2 Å². The van der Waals surface area contributed by atoms with Crippen molar-refractivity contribution < 1.29 is 61.6 Å². The van der Waals surface area contributed by atoms with Crippen LogP contribution in [-0.4, -0.2) is 71.7 Å². The monoisotopic (exact) mass is 615 g/mol. The number of carboxylic acid groups (broad SMARTS) is 1. The Kier molecular flexibility index (Phi) is 12.8. The molecule has 1 aromatic rings. The third kappa shape index (κ3) is 9.34. The highest BCUT2D eigenvalue weighted by molar-refractivity contribution is 6.22. The zero-order valence-corrected chi connectivity index (χ0v) is 24.1. The van der Waals surface area contributed by atoms with E-state index in [4.69, 9.17) is 14.6 Å². The van der Waals surface area contributed by atoms with Crippen LogP contribution in [-0.2, 0) is 33.4 Å². The van der Waals surface area contributed by atoms with E-state index in [0.29, 0.717) is 6.42 Å². The number of anilines is 1. The number of carbonyl (C=O) groups is 6. The van der Waals surface area contributed by atoms with Gasteiger partial charge in [-0.1, -0.05) is 27.2 Å². The maximum absolute atomic E-state index is 13.4. The second-order valence-corrected chi connectivity index (χ2v) is 10.5. The minimum Gasteiger partial charge on any atom is -0.481 e. The molecule has 5 unspecified atom stereocenters. The van der Waals surface area contributed by atoms with Crippen LogP contribution in [0.5, 0.6) is 0 Å². The van der Waals surface area contributed by atoms with E-state index in [2.05, 4.69) is 0 Å². The molecule has 2 rings (SSSR count). The number of imide groups is 1. The first-order chi connectivity index (χ1) is 20.1.